The molecule has 3 aliphatic rings. The maximum Gasteiger partial charge on any atom is 0.339 e. The second-order valence-corrected chi connectivity index (χ2v) is 13.4. The molecule has 20 heteroatoms. The van der Waals surface area contributed by atoms with E-state index in [1.807, 2.05) is 0 Å². The molecule has 0 atom stereocenters. The number of carbonyl (C=O) groups is 5. The Labute approximate surface area is 327 Å². The van der Waals surface area contributed by atoms with Gasteiger partial charge in [-0.15, -0.1) is 15.3 Å². The highest BCUT2D eigenvalue weighted by Crippen LogP contribution is 2.21. The lowest BCUT2D eigenvalue weighted by Crippen LogP contribution is -2.24. The number of aliphatic hydroxyl groups is 1. The molecule has 19 nitrogen and oxygen atoms in total. The van der Waals surface area contributed by atoms with Crippen LogP contribution in [0.4, 0.5) is 22.7 Å². The van der Waals surface area contributed by atoms with Gasteiger partial charge in [0.1, 0.15) is 28.5 Å². The smallest absolute Gasteiger partial charge is 0.339 e. The van der Waals surface area contributed by atoms with E-state index in [1.54, 1.807) is 24.3 Å². The Kier molecular flexibility index (Phi) is 11.6. The fourth-order valence-electron chi connectivity index (χ4n) is 4.87. The van der Waals surface area contributed by atoms with Gasteiger partial charge in [0.15, 0.2) is 5.78 Å². The first kappa shape index (κ1) is 39.5. The van der Waals surface area contributed by atoms with Crippen LogP contribution in [0.3, 0.4) is 0 Å². The number of anilines is 3. The van der Waals surface area contributed by atoms with Gasteiger partial charge in [-0.05, 0) is 103 Å². The number of benzene rings is 3. The van der Waals surface area contributed by atoms with E-state index >= 15 is 0 Å². The van der Waals surface area contributed by atoms with Crippen LogP contribution in [0.25, 0.3) is 0 Å². The summed E-state index contributed by atoms with van der Waals surface area (Å²) in [4.78, 5) is 60.3. The normalized spacial score (nSPS) is 17.5. The molecule has 3 aromatic rings. The third-order valence-corrected chi connectivity index (χ3v) is 8.67. The molecular formula is C38H27N9O10S. The molecule has 7 N–H and O–H groups in total. The van der Waals surface area contributed by atoms with Crippen molar-refractivity contribution in [1.29, 1.82) is 0 Å². The summed E-state index contributed by atoms with van der Waals surface area (Å²) >= 11 is 0. The zero-order valence-electron chi connectivity index (χ0n) is 29.4. The number of rotatable bonds is 12. The number of aliphatic carboxylic acids is 1. The highest BCUT2D eigenvalue weighted by Gasteiger charge is 2.21. The molecule has 0 saturated heterocycles. The number of amides is 1. The summed E-state index contributed by atoms with van der Waals surface area (Å²) in [6.45, 7) is 0. The Morgan fingerprint density at radius 1 is 0.672 bits per heavy atom. The highest BCUT2D eigenvalue weighted by atomic mass is 32.2. The monoisotopic (exact) mass is 801 g/mol. The van der Waals surface area contributed by atoms with E-state index in [-0.39, 0.29) is 33.4 Å². The minimum absolute atomic E-state index is 0.149. The summed E-state index contributed by atoms with van der Waals surface area (Å²) in [5, 5.41) is 42.1. The van der Waals surface area contributed by atoms with Crippen LogP contribution in [-0.2, 0) is 29.3 Å². The predicted octanol–water partition coefficient (Wildman–Crippen LogP) is 4.53. The highest BCUT2D eigenvalue weighted by molar-refractivity contribution is 7.85. The maximum atomic E-state index is 12.8. The van der Waals surface area contributed by atoms with Gasteiger partial charge in [0, 0.05) is 23.4 Å². The van der Waals surface area contributed by atoms with E-state index in [4.69, 9.17) is 5.11 Å². The van der Waals surface area contributed by atoms with Crippen LogP contribution < -0.4 is 21.6 Å². The summed E-state index contributed by atoms with van der Waals surface area (Å²) in [5.41, 5.74) is 9.68. The fourth-order valence-corrected chi connectivity index (χ4v) is 5.40. The molecule has 0 spiro atoms. The van der Waals surface area contributed by atoms with Crippen molar-refractivity contribution in [2.45, 2.75) is 4.90 Å². The molecule has 6 rings (SSSR count). The van der Waals surface area contributed by atoms with Crippen molar-refractivity contribution >= 4 is 79.2 Å². The Balaban J connectivity index is 1.06. The number of nitrogens with one attached hydrogen (secondary N) is 4. The molecule has 290 valence electrons. The number of hydrogen-bond donors (Lipinski definition) is 7. The molecule has 0 fully saturated rings. The average Bonchev–Trinajstić information content (AvgIpc) is 3.20. The first-order chi connectivity index (χ1) is 27.7. The molecule has 0 heterocycles. The predicted molar refractivity (Wildman–Crippen MR) is 210 cm³/mol. The van der Waals surface area contributed by atoms with Crippen LogP contribution in [0, 0.1) is 0 Å². The number of azo groups is 1. The third-order valence-electron chi connectivity index (χ3n) is 7.82. The standard InChI is InChI=1S/C38H27N9O10S/c48-33-14-12-26(17-29(33)38(53)54)43-40-23-6-4-21(5-7-23)37(52)39-22-8-10-24(11-9-22)41-45-31-19-32(36(51)20-35(31)50)47-46-30-18-27(13-15-34(30)49)44-42-25-2-1-3-28(16-25)58(55,56)57/h1-20,40,42,44,51H,(H,39,52)(H,53,54)(H,55,56,57). The number of allylic oxidation sites excluding steroid dienone is 8. The van der Waals surface area contributed by atoms with Gasteiger partial charge in [-0.2, -0.15) is 18.6 Å². The van der Waals surface area contributed by atoms with Crippen LogP contribution in [0.15, 0.2) is 175 Å². The molecule has 0 radical (unpaired) electrons. The molecule has 1 amide bonds. The van der Waals surface area contributed by atoms with E-state index in [0.717, 1.165) is 24.3 Å². The Bertz CT molecular complexity index is 2690. The summed E-state index contributed by atoms with van der Waals surface area (Å²) in [6, 6.07) is 17.8. The lowest BCUT2D eigenvalue weighted by molar-refractivity contribution is -0.134. The minimum Gasteiger partial charge on any atom is -0.505 e. The van der Waals surface area contributed by atoms with Crippen molar-refractivity contribution in [2.75, 3.05) is 16.2 Å². The van der Waals surface area contributed by atoms with Crippen LogP contribution in [0.5, 0.6) is 0 Å². The van der Waals surface area contributed by atoms with Gasteiger partial charge in [0.25, 0.3) is 16.0 Å². The molecule has 3 aliphatic carbocycles. The number of hydrogen-bond acceptors (Lipinski definition) is 16. The first-order valence-electron chi connectivity index (χ1n) is 16.5. The number of carbonyl (C=O) groups excluding carboxylic acids is 4. The summed E-state index contributed by atoms with van der Waals surface area (Å²) < 4.78 is 32.1. The van der Waals surface area contributed by atoms with Crippen molar-refractivity contribution in [3.63, 3.8) is 0 Å². The van der Waals surface area contributed by atoms with Crippen molar-refractivity contribution < 1.29 is 47.2 Å². The number of aliphatic hydroxyl groups excluding tert-OH is 1. The van der Waals surface area contributed by atoms with E-state index < -0.39 is 50.7 Å². The van der Waals surface area contributed by atoms with Crippen LogP contribution in [0.2, 0.25) is 0 Å². The summed E-state index contributed by atoms with van der Waals surface area (Å²) in [7, 11) is -4.42. The molecule has 3 aromatic carbocycles. The van der Waals surface area contributed by atoms with Gasteiger partial charge in [0.2, 0.25) is 11.6 Å². The van der Waals surface area contributed by atoms with Gasteiger partial charge >= 0.3 is 5.97 Å². The number of nitrogens with zero attached hydrogens (tertiary/aromatic N) is 5. The third kappa shape index (κ3) is 10.1. The number of ketones is 3. The summed E-state index contributed by atoms with van der Waals surface area (Å²) in [6.07, 6.45) is 9.55. The van der Waals surface area contributed by atoms with Crippen LogP contribution >= 0.6 is 0 Å². The molecule has 0 saturated carbocycles. The largest absolute Gasteiger partial charge is 0.505 e. The van der Waals surface area contributed by atoms with Crippen molar-refractivity contribution in [3.8, 4) is 0 Å². The Hall–Kier alpha value is -8.23. The van der Waals surface area contributed by atoms with E-state index in [9.17, 15) is 42.0 Å². The van der Waals surface area contributed by atoms with Gasteiger partial charge in [0.05, 0.1) is 33.4 Å². The molecule has 0 aliphatic heterocycles. The van der Waals surface area contributed by atoms with E-state index in [1.165, 1.54) is 72.8 Å². The average molecular weight is 802 g/mol. The maximum absolute atomic E-state index is 12.8. The van der Waals surface area contributed by atoms with Crippen LogP contribution in [0.1, 0.15) is 10.4 Å². The Morgan fingerprint density at radius 2 is 1.38 bits per heavy atom. The van der Waals surface area contributed by atoms with Gasteiger partial charge in [-0.3, -0.25) is 29.2 Å². The number of hydrazone groups is 1. The molecular weight excluding hydrogens is 775 g/mol. The summed E-state index contributed by atoms with van der Waals surface area (Å²) in [5.74, 6) is -4.15. The fraction of sp³-hybridized carbons (Fsp3) is 0. The quantitative estimate of drug-likeness (QED) is 0.0331. The molecule has 0 unspecified atom stereocenters. The lowest BCUT2D eigenvalue weighted by atomic mass is 10.0. The number of carboxylic acids is 1. The van der Waals surface area contributed by atoms with Crippen molar-refractivity contribution in [1.82, 2.24) is 5.43 Å². The first-order valence-corrected chi connectivity index (χ1v) is 18.0. The van der Waals surface area contributed by atoms with E-state index in [2.05, 4.69) is 47.1 Å². The zero-order chi connectivity index (χ0) is 41.4. The van der Waals surface area contributed by atoms with Crippen LogP contribution in [-0.4, -0.2) is 69.5 Å². The van der Waals surface area contributed by atoms with Crippen molar-refractivity contribution in [3.05, 3.63) is 150 Å². The van der Waals surface area contributed by atoms with Crippen molar-refractivity contribution in [2.24, 2.45) is 25.5 Å². The van der Waals surface area contributed by atoms with Gasteiger partial charge < -0.3 is 26.4 Å². The minimum atomic E-state index is -4.42. The zero-order valence-corrected chi connectivity index (χ0v) is 30.2. The Morgan fingerprint density at radius 3 is 2.10 bits per heavy atom. The topological polar surface area (TPSA) is 290 Å². The lowest BCUT2D eigenvalue weighted by Gasteiger charge is -2.13. The van der Waals surface area contributed by atoms with Gasteiger partial charge in [-0.1, -0.05) is 6.07 Å². The SMILES string of the molecule is O=C(O)C1=CC(=NNc2ccc(C(=O)Nc3ccc(N=NC4=CC(=NN=C5C=C(NNc6cccc(S(=O)(=O)O)c6)C=CC5=O)C(O)=CC4=O)cc3)cc2)C=CC1=O. The second-order valence-electron chi connectivity index (χ2n) is 11.9. The number of carboxylic acid groups (broad SMARTS) is 1. The second kappa shape index (κ2) is 17.1. The molecule has 58 heavy (non-hydrogen) atoms. The van der Waals surface area contributed by atoms with E-state index in [0.29, 0.717) is 28.3 Å². The number of hydrazine groups is 1. The molecule has 0 aromatic heterocycles. The van der Waals surface area contributed by atoms with Gasteiger partial charge in [-0.25, -0.2) is 4.79 Å². The molecule has 0 bridgehead atoms.